The standard InChI is InChI=1S/C17H18ClFN2O3/c1-11-4-2-3-7-21(11)17(22)14-9-24-16(20-14)10-23-15-6-5-12(19)8-13(15)18/h5-6,8-9,11H,2-4,7,10H2,1H3. The van der Waals surface area contributed by atoms with E-state index in [2.05, 4.69) is 4.98 Å². The third kappa shape index (κ3) is 3.70. The summed E-state index contributed by atoms with van der Waals surface area (Å²) in [5.74, 6) is 0.0289. The van der Waals surface area contributed by atoms with Crippen molar-refractivity contribution in [2.45, 2.75) is 38.8 Å². The maximum Gasteiger partial charge on any atom is 0.276 e. The van der Waals surface area contributed by atoms with Gasteiger partial charge in [-0.25, -0.2) is 9.37 Å². The maximum absolute atomic E-state index is 13.0. The van der Waals surface area contributed by atoms with Crippen LogP contribution in [0.4, 0.5) is 4.39 Å². The molecule has 0 radical (unpaired) electrons. The molecule has 1 aromatic heterocycles. The number of piperidine rings is 1. The van der Waals surface area contributed by atoms with Crippen molar-refractivity contribution in [1.29, 1.82) is 0 Å². The Hall–Kier alpha value is -2.08. The predicted molar refractivity (Wildman–Crippen MR) is 86.6 cm³/mol. The second kappa shape index (κ2) is 7.21. The number of carbonyl (C=O) groups excluding carboxylic acids is 1. The number of benzene rings is 1. The van der Waals surface area contributed by atoms with Crippen molar-refractivity contribution in [3.63, 3.8) is 0 Å². The van der Waals surface area contributed by atoms with Crippen LogP contribution >= 0.6 is 11.6 Å². The summed E-state index contributed by atoms with van der Waals surface area (Å²) in [7, 11) is 0. The third-order valence-electron chi connectivity index (χ3n) is 4.08. The minimum Gasteiger partial charge on any atom is -0.482 e. The zero-order valence-electron chi connectivity index (χ0n) is 13.3. The number of aromatic nitrogens is 1. The van der Waals surface area contributed by atoms with Crippen molar-refractivity contribution in [3.05, 3.63) is 46.9 Å². The zero-order valence-corrected chi connectivity index (χ0v) is 14.1. The van der Waals surface area contributed by atoms with Gasteiger partial charge in [0, 0.05) is 12.6 Å². The number of oxazole rings is 1. The lowest BCUT2D eigenvalue weighted by Crippen LogP contribution is -2.42. The molecular formula is C17H18ClFN2O3. The Morgan fingerprint density at radius 1 is 1.50 bits per heavy atom. The molecule has 2 heterocycles. The number of hydrogen-bond acceptors (Lipinski definition) is 4. The van der Waals surface area contributed by atoms with Crippen LogP contribution in [0.2, 0.25) is 5.02 Å². The van der Waals surface area contributed by atoms with E-state index in [4.69, 9.17) is 20.8 Å². The summed E-state index contributed by atoms with van der Waals surface area (Å²) in [6, 6.07) is 4.06. The molecule has 1 atom stereocenters. The second-order valence-electron chi connectivity index (χ2n) is 5.83. The molecule has 2 aromatic rings. The molecule has 3 rings (SSSR count). The van der Waals surface area contributed by atoms with Crippen molar-refractivity contribution in [1.82, 2.24) is 9.88 Å². The van der Waals surface area contributed by atoms with E-state index in [1.165, 1.54) is 24.5 Å². The van der Waals surface area contributed by atoms with E-state index in [1.807, 2.05) is 11.8 Å². The first-order valence-electron chi connectivity index (χ1n) is 7.88. The highest BCUT2D eigenvalue weighted by molar-refractivity contribution is 6.32. The maximum atomic E-state index is 13.0. The number of likely N-dealkylation sites (tertiary alicyclic amines) is 1. The van der Waals surface area contributed by atoms with Gasteiger partial charge in [0.15, 0.2) is 12.3 Å². The lowest BCUT2D eigenvalue weighted by molar-refractivity contribution is 0.0629. The monoisotopic (exact) mass is 352 g/mol. The van der Waals surface area contributed by atoms with E-state index in [1.54, 1.807) is 0 Å². The molecule has 7 heteroatoms. The fourth-order valence-electron chi connectivity index (χ4n) is 2.75. The van der Waals surface area contributed by atoms with Crippen molar-refractivity contribution in [2.24, 2.45) is 0 Å². The van der Waals surface area contributed by atoms with E-state index >= 15 is 0 Å². The molecule has 5 nitrogen and oxygen atoms in total. The van der Waals surface area contributed by atoms with Gasteiger partial charge in [0.05, 0.1) is 5.02 Å². The molecule has 0 N–H and O–H groups in total. The summed E-state index contributed by atoms with van der Waals surface area (Å²) in [6.07, 6.45) is 4.49. The molecule has 0 spiro atoms. The Morgan fingerprint density at radius 2 is 2.33 bits per heavy atom. The van der Waals surface area contributed by atoms with E-state index in [0.29, 0.717) is 5.75 Å². The molecule has 1 amide bonds. The molecule has 1 aliphatic heterocycles. The number of nitrogens with zero attached hydrogens (tertiary/aromatic N) is 2. The first kappa shape index (κ1) is 16.8. The normalized spacial score (nSPS) is 17.8. The van der Waals surface area contributed by atoms with Crippen LogP contribution in [-0.4, -0.2) is 28.4 Å². The summed E-state index contributed by atoms with van der Waals surface area (Å²) in [5.41, 5.74) is 0.271. The summed E-state index contributed by atoms with van der Waals surface area (Å²) < 4.78 is 23.8. The number of rotatable bonds is 4. The van der Waals surface area contributed by atoms with Crippen LogP contribution in [0.25, 0.3) is 0 Å². The topological polar surface area (TPSA) is 55.6 Å². The van der Waals surface area contributed by atoms with Crippen molar-refractivity contribution >= 4 is 17.5 Å². The van der Waals surface area contributed by atoms with Gasteiger partial charge in [-0.2, -0.15) is 0 Å². The molecule has 0 saturated carbocycles. The first-order chi connectivity index (χ1) is 11.5. The van der Waals surface area contributed by atoms with Gasteiger partial charge in [-0.3, -0.25) is 4.79 Å². The Balaban J connectivity index is 1.63. The molecule has 1 aromatic carbocycles. The lowest BCUT2D eigenvalue weighted by atomic mass is 10.0. The van der Waals surface area contributed by atoms with Gasteiger partial charge >= 0.3 is 0 Å². The number of amides is 1. The highest BCUT2D eigenvalue weighted by Crippen LogP contribution is 2.26. The van der Waals surface area contributed by atoms with Gasteiger partial charge in [-0.05, 0) is 44.4 Å². The molecule has 0 bridgehead atoms. The molecule has 0 aliphatic carbocycles. The number of halogens is 2. The van der Waals surface area contributed by atoms with Gasteiger partial charge < -0.3 is 14.1 Å². The van der Waals surface area contributed by atoms with Gasteiger partial charge in [0.1, 0.15) is 17.8 Å². The van der Waals surface area contributed by atoms with E-state index in [-0.39, 0.29) is 35.2 Å². The predicted octanol–water partition coefficient (Wildman–Crippen LogP) is 4.06. The second-order valence-corrected chi connectivity index (χ2v) is 6.24. The third-order valence-corrected chi connectivity index (χ3v) is 4.38. The Morgan fingerprint density at radius 3 is 3.08 bits per heavy atom. The summed E-state index contributed by atoms with van der Waals surface area (Å²) >= 11 is 5.89. The molecule has 1 unspecified atom stereocenters. The minimum atomic E-state index is -0.438. The van der Waals surface area contributed by atoms with Crippen LogP contribution in [0.3, 0.4) is 0 Å². The highest BCUT2D eigenvalue weighted by atomic mass is 35.5. The van der Waals surface area contributed by atoms with Gasteiger partial charge in [-0.1, -0.05) is 11.6 Å². The van der Waals surface area contributed by atoms with Crippen molar-refractivity contribution in [3.8, 4) is 5.75 Å². The van der Waals surface area contributed by atoms with Gasteiger partial charge in [0.2, 0.25) is 5.89 Å². The SMILES string of the molecule is CC1CCCCN1C(=O)c1coc(COc2ccc(F)cc2Cl)n1. The van der Waals surface area contributed by atoms with Gasteiger partial charge in [0.25, 0.3) is 5.91 Å². The largest absolute Gasteiger partial charge is 0.482 e. The number of carbonyl (C=O) groups is 1. The van der Waals surface area contributed by atoms with E-state index < -0.39 is 5.82 Å². The molecule has 24 heavy (non-hydrogen) atoms. The Kier molecular flexibility index (Phi) is 5.04. The van der Waals surface area contributed by atoms with Crippen LogP contribution < -0.4 is 4.74 Å². The zero-order chi connectivity index (χ0) is 17.1. The summed E-state index contributed by atoms with van der Waals surface area (Å²) in [4.78, 5) is 18.5. The average Bonchev–Trinajstić information content (AvgIpc) is 3.03. The summed E-state index contributed by atoms with van der Waals surface area (Å²) in [6.45, 7) is 2.79. The molecule has 1 fully saturated rings. The average molecular weight is 353 g/mol. The lowest BCUT2D eigenvalue weighted by Gasteiger charge is -2.32. The van der Waals surface area contributed by atoms with Crippen LogP contribution in [-0.2, 0) is 6.61 Å². The quantitative estimate of drug-likeness (QED) is 0.832. The van der Waals surface area contributed by atoms with E-state index in [9.17, 15) is 9.18 Å². The molecular weight excluding hydrogens is 335 g/mol. The first-order valence-corrected chi connectivity index (χ1v) is 8.25. The Bertz CT molecular complexity index is 734. The molecule has 128 valence electrons. The van der Waals surface area contributed by atoms with E-state index in [0.717, 1.165) is 25.8 Å². The van der Waals surface area contributed by atoms with Crippen molar-refractivity contribution < 1.29 is 18.3 Å². The summed E-state index contributed by atoms with van der Waals surface area (Å²) in [5, 5.41) is 0.167. The van der Waals surface area contributed by atoms with Gasteiger partial charge in [-0.15, -0.1) is 0 Å². The van der Waals surface area contributed by atoms with Crippen molar-refractivity contribution in [2.75, 3.05) is 6.54 Å². The van der Waals surface area contributed by atoms with Crippen LogP contribution in [0.1, 0.15) is 42.6 Å². The Labute approximate surface area is 144 Å². The fraction of sp³-hybridized carbons (Fsp3) is 0.412. The number of hydrogen-bond donors (Lipinski definition) is 0. The fourth-order valence-corrected chi connectivity index (χ4v) is 2.98. The minimum absolute atomic E-state index is 0.00812. The highest BCUT2D eigenvalue weighted by Gasteiger charge is 2.26. The van der Waals surface area contributed by atoms with Crippen LogP contribution in [0, 0.1) is 5.82 Å². The smallest absolute Gasteiger partial charge is 0.276 e. The molecule has 1 aliphatic rings. The number of ether oxygens (including phenoxy) is 1. The van der Waals surface area contributed by atoms with Crippen LogP contribution in [0.5, 0.6) is 5.75 Å². The molecule has 1 saturated heterocycles. The van der Waals surface area contributed by atoms with Crippen LogP contribution in [0.15, 0.2) is 28.9 Å².